The van der Waals surface area contributed by atoms with Gasteiger partial charge in [-0.05, 0) is 28.7 Å². The minimum Gasteiger partial charge on any atom is -0.258 e. The number of benzene rings is 1. The van der Waals surface area contributed by atoms with Crippen molar-refractivity contribution in [3.8, 4) is 6.07 Å². The molecule has 0 aliphatic carbocycles. The summed E-state index contributed by atoms with van der Waals surface area (Å²) in [6, 6.07) is 3.49. The molecule has 0 radical (unpaired) electrons. The summed E-state index contributed by atoms with van der Waals surface area (Å²) in [7, 11) is 0.959. The van der Waals surface area contributed by atoms with Crippen LogP contribution in [0.1, 0.15) is 5.56 Å². The van der Waals surface area contributed by atoms with E-state index in [0.29, 0.717) is 0 Å². The maximum atomic E-state index is 11.0. The average Bonchev–Trinajstić information content (AvgIpc) is 2.15. The Labute approximate surface area is 109 Å². The summed E-state index contributed by atoms with van der Waals surface area (Å²) >= 11 is 1.60. The summed E-state index contributed by atoms with van der Waals surface area (Å²) in [5.41, 5.74) is -0.562. The number of hydrogen-bond donors (Lipinski definition) is 0. The molecule has 1 aromatic rings. The van der Waals surface area contributed by atoms with Crippen molar-refractivity contribution in [3.05, 3.63) is 31.4 Å². The number of nitro benzene ring substituents is 1. The Kier molecular flexibility index (Phi) is 3.72. The molecule has 0 aromatic heterocycles. The van der Waals surface area contributed by atoms with Crippen molar-refractivity contribution >= 4 is 48.0 Å². The van der Waals surface area contributed by atoms with Crippen LogP contribution in [-0.2, 0) is 9.05 Å². The Morgan fingerprint density at radius 3 is 2.44 bits per heavy atom. The van der Waals surface area contributed by atoms with E-state index in [1.165, 1.54) is 0 Å². The van der Waals surface area contributed by atoms with Crippen molar-refractivity contribution in [1.82, 2.24) is 0 Å². The molecule has 0 unspecified atom stereocenters. The summed E-state index contributed by atoms with van der Waals surface area (Å²) in [6.45, 7) is 0. The minimum absolute atomic E-state index is 0.0779. The van der Waals surface area contributed by atoms with Gasteiger partial charge in [-0.25, -0.2) is 8.42 Å². The van der Waals surface area contributed by atoms with Crippen LogP contribution in [0.25, 0.3) is 0 Å². The average molecular weight is 373 g/mol. The predicted molar refractivity (Wildman–Crippen MR) is 63.6 cm³/mol. The zero-order chi connectivity index (χ0) is 12.5. The standard InChI is InChI=1S/C7H2ClIN2O4S/c8-16(14,15)5-1-4(3-10)7(9)6(2-5)11(12)13/h1-2H. The van der Waals surface area contributed by atoms with Crippen molar-refractivity contribution in [2.45, 2.75) is 4.90 Å². The Morgan fingerprint density at radius 1 is 1.50 bits per heavy atom. The SMILES string of the molecule is N#Cc1cc(S(=O)(=O)Cl)cc([N+](=O)[O-])c1I. The van der Waals surface area contributed by atoms with Gasteiger partial charge in [0, 0.05) is 16.7 Å². The molecule has 0 amide bonds. The van der Waals surface area contributed by atoms with E-state index >= 15 is 0 Å². The van der Waals surface area contributed by atoms with Gasteiger partial charge in [0.2, 0.25) is 0 Å². The fourth-order valence-corrected chi connectivity index (χ4v) is 2.35. The highest BCUT2D eigenvalue weighted by Crippen LogP contribution is 2.29. The summed E-state index contributed by atoms with van der Waals surface area (Å²) in [5, 5.41) is 19.3. The molecule has 0 atom stereocenters. The lowest BCUT2D eigenvalue weighted by Crippen LogP contribution is -1.99. The van der Waals surface area contributed by atoms with Gasteiger partial charge in [-0.1, -0.05) is 0 Å². The largest absolute Gasteiger partial charge is 0.285 e. The third kappa shape index (κ3) is 2.60. The predicted octanol–water partition coefficient (Wildman–Crippen LogP) is 2.00. The fraction of sp³-hybridized carbons (Fsp3) is 0. The van der Waals surface area contributed by atoms with E-state index in [9.17, 15) is 18.5 Å². The van der Waals surface area contributed by atoms with Gasteiger partial charge >= 0.3 is 0 Å². The minimum atomic E-state index is -4.09. The number of nitrogens with zero attached hydrogens (tertiary/aromatic N) is 2. The first-order valence-electron chi connectivity index (χ1n) is 3.60. The lowest BCUT2D eigenvalue weighted by atomic mass is 10.2. The van der Waals surface area contributed by atoms with Crippen LogP contribution in [0.2, 0.25) is 0 Å². The summed E-state index contributed by atoms with van der Waals surface area (Å²) in [6.07, 6.45) is 0. The molecule has 0 fully saturated rings. The monoisotopic (exact) mass is 372 g/mol. The van der Waals surface area contributed by atoms with Crippen molar-refractivity contribution in [2.75, 3.05) is 0 Å². The molecule has 0 aliphatic heterocycles. The van der Waals surface area contributed by atoms with E-state index in [-0.39, 0.29) is 9.13 Å². The van der Waals surface area contributed by atoms with Gasteiger partial charge < -0.3 is 0 Å². The summed E-state index contributed by atoms with van der Waals surface area (Å²) in [5.74, 6) is 0. The molecule has 9 heteroatoms. The van der Waals surface area contributed by atoms with Gasteiger partial charge in [-0.2, -0.15) is 5.26 Å². The van der Waals surface area contributed by atoms with Crippen molar-refractivity contribution in [1.29, 1.82) is 5.26 Å². The van der Waals surface area contributed by atoms with E-state index in [2.05, 4.69) is 0 Å². The molecule has 1 rings (SSSR count). The topological polar surface area (TPSA) is 101 Å². The highest BCUT2D eigenvalue weighted by molar-refractivity contribution is 14.1. The van der Waals surface area contributed by atoms with E-state index in [1.807, 2.05) is 0 Å². The Hall–Kier alpha value is -0.920. The molecule has 0 N–H and O–H groups in total. The maximum Gasteiger partial charge on any atom is 0.285 e. The second-order valence-electron chi connectivity index (χ2n) is 2.61. The second kappa shape index (κ2) is 4.52. The smallest absolute Gasteiger partial charge is 0.258 e. The fourth-order valence-electron chi connectivity index (χ4n) is 0.938. The van der Waals surface area contributed by atoms with Gasteiger partial charge in [-0.3, -0.25) is 10.1 Å². The second-order valence-corrected chi connectivity index (χ2v) is 6.26. The van der Waals surface area contributed by atoms with E-state index in [0.717, 1.165) is 12.1 Å². The van der Waals surface area contributed by atoms with Crippen LogP contribution in [0.3, 0.4) is 0 Å². The molecule has 0 saturated carbocycles. The van der Waals surface area contributed by atoms with Crippen molar-refractivity contribution in [2.24, 2.45) is 0 Å². The molecule has 0 saturated heterocycles. The number of nitriles is 1. The highest BCUT2D eigenvalue weighted by Gasteiger charge is 2.22. The third-order valence-corrected chi connectivity index (χ3v) is 4.09. The molecule has 0 spiro atoms. The van der Waals surface area contributed by atoms with Gasteiger partial charge in [0.1, 0.15) is 9.64 Å². The van der Waals surface area contributed by atoms with Crippen molar-refractivity contribution < 1.29 is 13.3 Å². The van der Waals surface area contributed by atoms with Gasteiger partial charge in [0.05, 0.1) is 15.4 Å². The summed E-state index contributed by atoms with van der Waals surface area (Å²) < 4.78 is 22.1. The third-order valence-electron chi connectivity index (χ3n) is 1.63. The normalized spacial score (nSPS) is 10.8. The van der Waals surface area contributed by atoms with E-state index < -0.39 is 24.6 Å². The number of halogens is 2. The van der Waals surface area contributed by atoms with Crippen LogP contribution in [0, 0.1) is 25.0 Å². The number of hydrogen-bond acceptors (Lipinski definition) is 5. The quantitative estimate of drug-likeness (QED) is 0.342. The van der Waals surface area contributed by atoms with Crippen LogP contribution in [-0.4, -0.2) is 13.3 Å². The molecular weight excluding hydrogens is 371 g/mol. The highest BCUT2D eigenvalue weighted by atomic mass is 127. The Morgan fingerprint density at radius 2 is 2.06 bits per heavy atom. The summed E-state index contributed by atoms with van der Waals surface area (Å²) in [4.78, 5) is 9.39. The van der Waals surface area contributed by atoms with E-state index in [1.54, 1.807) is 28.7 Å². The Balaban J connectivity index is 3.68. The van der Waals surface area contributed by atoms with Crippen LogP contribution in [0.15, 0.2) is 17.0 Å². The zero-order valence-electron chi connectivity index (χ0n) is 7.35. The van der Waals surface area contributed by atoms with Gasteiger partial charge in [0.15, 0.2) is 0 Å². The Bertz CT molecular complexity index is 608. The van der Waals surface area contributed by atoms with Crippen LogP contribution >= 0.6 is 33.3 Å². The van der Waals surface area contributed by atoms with E-state index in [4.69, 9.17) is 15.9 Å². The lowest BCUT2D eigenvalue weighted by molar-refractivity contribution is -0.386. The molecule has 6 nitrogen and oxygen atoms in total. The zero-order valence-corrected chi connectivity index (χ0v) is 11.1. The van der Waals surface area contributed by atoms with Crippen molar-refractivity contribution in [3.63, 3.8) is 0 Å². The number of nitro groups is 1. The molecule has 84 valence electrons. The molecule has 1 aromatic carbocycles. The van der Waals surface area contributed by atoms with Crippen LogP contribution in [0.4, 0.5) is 5.69 Å². The van der Waals surface area contributed by atoms with Gasteiger partial charge in [0.25, 0.3) is 14.7 Å². The van der Waals surface area contributed by atoms with Gasteiger partial charge in [-0.15, -0.1) is 0 Å². The number of rotatable bonds is 2. The lowest BCUT2D eigenvalue weighted by Gasteiger charge is -2.01. The molecule has 0 bridgehead atoms. The molecular formula is C7H2ClIN2O4S. The molecule has 0 aliphatic rings. The first-order chi connectivity index (χ1) is 7.27. The first-order valence-corrected chi connectivity index (χ1v) is 6.99. The molecule has 16 heavy (non-hydrogen) atoms. The molecule has 0 heterocycles. The van der Waals surface area contributed by atoms with Crippen LogP contribution in [0.5, 0.6) is 0 Å². The van der Waals surface area contributed by atoms with Crippen LogP contribution < -0.4 is 0 Å². The first kappa shape index (κ1) is 13.1. The maximum absolute atomic E-state index is 11.0.